The largest absolute Gasteiger partial charge is 0.479 e. The van der Waals surface area contributed by atoms with Gasteiger partial charge in [-0.25, -0.2) is 8.78 Å². The number of para-hydroxylation sites is 2. The highest BCUT2D eigenvalue weighted by Crippen LogP contribution is 2.33. The number of halogens is 2. The Hall–Kier alpha value is -2.96. The quantitative estimate of drug-likeness (QED) is 0.940. The van der Waals surface area contributed by atoms with E-state index < -0.39 is 23.6 Å². The van der Waals surface area contributed by atoms with Gasteiger partial charge in [0.25, 0.3) is 5.91 Å². The van der Waals surface area contributed by atoms with E-state index in [1.165, 1.54) is 4.90 Å². The van der Waals surface area contributed by atoms with Gasteiger partial charge >= 0.3 is 0 Å². The number of carbonyl (C=O) groups excluding carboxylic acids is 2. The van der Waals surface area contributed by atoms with Gasteiger partial charge < -0.3 is 10.1 Å². The van der Waals surface area contributed by atoms with E-state index >= 15 is 0 Å². The fourth-order valence-electron chi connectivity index (χ4n) is 2.45. The van der Waals surface area contributed by atoms with E-state index in [4.69, 9.17) is 4.74 Å². The Morgan fingerprint density at radius 2 is 2.00 bits per heavy atom. The Balaban J connectivity index is 1.81. The van der Waals surface area contributed by atoms with E-state index in [0.717, 1.165) is 18.2 Å². The van der Waals surface area contributed by atoms with Crippen molar-refractivity contribution in [3.8, 4) is 5.75 Å². The zero-order chi connectivity index (χ0) is 17.3. The van der Waals surface area contributed by atoms with Gasteiger partial charge in [0.1, 0.15) is 23.9 Å². The number of anilines is 2. The standard InChI is InChI=1S/C17H14F2N2O3/c1-10-17(23)21(14-4-2-3-5-15(14)24-10)9-16(22)20-13-8-11(18)6-7-12(13)19/h2-8,10H,9H2,1H3,(H,20,22)/t10-/m0/s1. The van der Waals surface area contributed by atoms with Crippen molar-refractivity contribution in [3.63, 3.8) is 0 Å². The summed E-state index contributed by atoms with van der Waals surface area (Å²) in [4.78, 5) is 25.7. The minimum atomic E-state index is -0.758. The number of amides is 2. The molecule has 2 aromatic carbocycles. The number of nitrogens with zero attached hydrogens (tertiary/aromatic N) is 1. The van der Waals surface area contributed by atoms with Crippen LogP contribution in [-0.2, 0) is 9.59 Å². The number of benzene rings is 2. The molecule has 0 radical (unpaired) electrons. The summed E-state index contributed by atoms with van der Waals surface area (Å²) in [6.45, 7) is 1.24. The predicted octanol–water partition coefficient (Wildman–Crippen LogP) is 2.72. The highest BCUT2D eigenvalue weighted by molar-refractivity contribution is 6.06. The number of hydrogen-bond donors (Lipinski definition) is 1. The average molecular weight is 332 g/mol. The summed E-state index contributed by atoms with van der Waals surface area (Å²) in [5, 5.41) is 2.28. The minimum Gasteiger partial charge on any atom is -0.479 e. The van der Waals surface area contributed by atoms with Crippen LogP contribution in [0.15, 0.2) is 42.5 Å². The number of carbonyl (C=O) groups is 2. The van der Waals surface area contributed by atoms with Crippen LogP contribution in [0.25, 0.3) is 0 Å². The molecule has 5 nitrogen and oxygen atoms in total. The second-order valence-electron chi connectivity index (χ2n) is 5.32. The highest BCUT2D eigenvalue weighted by Gasteiger charge is 2.32. The number of hydrogen-bond acceptors (Lipinski definition) is 3. The lowest BCUT2D eigenvalue weighted by atomic mass is 10.2. The van der Waals surface area contributed by atoms with Gasteiger partial charge in [-0.15, -0.1) is 0 Å². The first kappa shape index (κ1) is 15.9. The van der Waals surface area contributed by atoms with E-state index in [1.807, 2.05) is 0 Å². The van der Waals surface area contributed by atoms with Gasteiger partial charge in [-0.05, 0) is 31.2 Å². The molecule has 0 saturated carbocycles. The maximum absolute atomic E-state index is 13.6. The van der Waals surface area contributed by atoms with Crippen molar-refractivity contribution >= 4 is 23.2 Å². The molecule has 0 aliphatic carbocycles. The minimum absolute atomic E-state index is 0.276. The van der Waals surface area contributed by atoms with Crippen LogP contribution < -0.4 is 15.0 Å². The Bertz CT molecular complexity index is 810. The summed E-state index contributed by atoms with van der Waals surface area (Å²) < 4.78 is 32.2. The third kappa shape index (κ3) is 3.05. The molecule has 2 amide bonds. The lowest BCUT2D eigenvalue weighted by molar-refractivity contribution is -0.127. The zero-order valence-electron chi connectivity index (χ0n) is 12.8. The van der Waals surface area contributed by atoms with Crippen LogP contribution in [0.4, 0.5) is 20.2 Å². The van der Waals surface area contributed by atoms with Gasteiger partial charge in [0.2, 0.25) is 5.91 Å². The molecule has 0 unspecified atom stereocenters. The van der Waals surface area contributed by atoms with Crippen molar-refractivity contribution in [2.45, 2.75) is 13.0 Å². The number of fused-ring (bicyclic) bond motifs is 1. The lowest BCUT2D eigenvalue weighted by Gasteiger charge is -2.32. The molecule has 1 heterocycles. The molecule has 124 valence electrons. The maximum atomic E-state index is 13.6. The molecular weight excluding hydrogens is 318 g/mol. The average Bonchev–Trinajstić information content (AvgIpc) is 2.55. The van der Waals surface area contributed by atoms with Gasteiger partial charge in [-0.2, -0.15) is 0 Å². The van der Waals surface area contributed by atoms with Crippen molar-refractivity contribution < 1.29 is 23.1 Å². The van der Waals surface area contributed by atoms with Gasteiger partial charge in [0, 0.05) is 6.07 Å². The molecule has 0 fully saturated rings. The van der Waals surface area contributed by atoms with Crippen LogP contribution in [0.1, 0.15) is 6.92 Å². The van der Waals surface area contributed by atoms with E-state index in [1.54, 1.807) is 31.2 Å². The van der Waals surface area contributed by atoms with Crippen molar-refractivity contribution in [1.82, 2.24) is 0 Å². The topological polar surface area (TPSA) is 58.6 Å². The fraction of sp³-hybridized carbons (Fsp3) is 0.176. The second-order valence-corrected chi connectivity index (χ2v) is 5.32. The Labute approximate surface area is 136 Å². The van der Waals surface area contributed by atoms with Crippen LogP contribution in [0.3, 0.4) is 0 Å². The monoisotopic (exact) mass is 332 g/mol. The van der Waals surface area contributed by atoms with Crippen molar-refractivity contribution in [3.05, 3.63) is 54.1 Å². The number of ether oxygens (including phenoxy) is 1. The van der Waals surface area contributed by atoms with Crippen LogP contribution in [0, 0.1) is 11.6 Å². The lowest BCUT2D eigenvalue weighted by Crippen LogP contribution is -2.47. The molecule has 0 spiro atoms. The molecular formula is C17H14F2N2O3. The van der Waals surface area contributed by atoms with Crippen LogP contribution >= 0.6 is 0 Å². The SMILES string of the molecule is C[C@@H]1Oc2ccccc2N(CC(=O)Nc2cc(F)ccc2F)C1=O. The normalized spacial score (nSPS) is 16.4. The van der Waals surface area contributed by atoms with Gasteiger partial charge in [-0.1, -0.05) is 12.1 Å². The molecule has 1 aliphatic heterocycles. The number of nitrogens with one attached hydrogen (secondary N) is 1. The van der Waals surface area contributed by atoms with Gasteiger partial charge in [0.15, 0.2) is 6.10 Å². The summed E-state index contributed by atoms with van der Waals surface area (Å²) in [5.74, 6) is -1.98. The van der Waals surface area contributed by atoms with E-state index in [0.29, 0.717) is 11.4 Å². The van der Waals surface area contributed by atoms with E-state index in [2.05, 4.69) is 5.32 Å². The predicted molar refractivity (Wildman–Crippen MR) is 83.9 cm³/mol. The second kappa shape index (κ2) is 6.27. The summed E-state index contributed by atoms with van der Waals surface area (Å²) in [5.41, 5.74) is 0.178. The highest BCUT2D eigenvalue weighted by atomic mass is 19.1. The molecule has 0 bridgehead atoms. The Morgan fingerprint density at radius 3 is 2.79 bits per heavy atom. The van der Waals surface area contributed by atoms with E-state index in [-0.39, 0.29) is 18.1 Å². The van der Waals surface area contributed by atoms with Crippen molar-refractivity contribution in [2.75, 3.05) is 16.8 Å². The Kier molecular flexibility index (Phi) is 4.16. The molecule has 1 atom stereocenters. The first-order chi connectivity index (χ1) is 11.5. The summed E-state index contributed by atoms with van der Waals surface area (Å²) >= 11 is 0. The van der Waals surface area contributed by atoms with Crippen molar-refractivity contribution in [2.24, 2.45) is 0 Å². The third-order valence-electron chi connectivity index (χ3n) is 3.58. The Morgan fingerprint density at radius 1 is 1.25 bits per heavy atom. The molecule has 3 rings (SSSR count). The molecule has 7 heteroatoms. The third-order valence-corrected chi connectivity index (χ3v) is 3.58. The fourth-order valence-corrected chi connectivity index (χ4v) is 2.45. The maximum Gasteiger partial charge on any atom is 0.268 e. The molecule has 2 aromatic rings. The summed E-state index contributed by atoms with van der Waals surface area (Å²) in [6.07, 6.45) is -0.737. The van der Waals surface area contributed by atoms with E-state index in [9.17, 15) is 18.4 Å². The first-order valence-corrected chi connectivity index (χ1v) is 7.27. The summed E-state index contributed by atoms with van der Waals surface area (Å²) in [6, 6.07) is 9.55. The molecule has 0 aromatic heterocycles. The smallest absolute Gasteiger partial charge is 0.268 e. The van der Waals surface area contributed by atoms with Gasteiger partial charge in [-0.3, -0.25) is 14.5 Å². The zero-order valence-corrected chi connectivity index (χ0v) is 12.8. The van der Waals surface area contributed by atoms with Crippen LogP contribution in [0.2, 0.25) is 0 Å². The van der Waals surface area contributed by atoms with Crippen LogP contribution in [0.5, 0.6) is 5.75 Å². The van der Waals surface area contributed by atoms with Crippen LogP contribution in [-0.4, -0.2) is 24.5 Å². The van der Waals surface area contributed by atoms with Crippen molar-refractivity contribution in [1.29, 1.82) is 0 Å². The summed E-state index contributed by atoms with van der Waals surface area (Å²) in [7, 11) is 0. The first-order valence-electron chi connectivity index (χ1n) is 7.27. The molecule has 0 saturated heterocycles. The number of rotatable bonds is 3. The molecule has 1 N–H and O–H groups in total. The molecule has 1 aliphatic rings. The van der Waals surface area contributed by atoms with Gasteiger partial charge in [0.05, 0.1) is 11.4 Å². The molecule has 24 heavy (non-hydrogen) atoms.